The molecule has 0 aliphatic carbocycles. The SMILES string of the molecule is C=C(C)c1nccc(OCCO[Si](C)(C)C(C)(C)C)c1N. The molecule has 0 spiro atoms. The quantitative estimate of drug-likeness (QED) is 0.635. The van der Waals surface area contributed by atoms with Crippen molar-refractivity contribution in [2.75, 3.05) is 18.9 Å². The molecule has 0 aliphatic rings. The van der Waals surface area contributed by atoms with Gasteiger partial charge in [0.15, 0.2) is 8.32 Å². The van der Waals surface area contributed by atoms with Crippen LogP contribution in [0, 0.1) is 0 Å². The Morgan fingerprint density at radius 2 is 1.95 bits per heavy atom. The number of hydrogen-bond acceptors (Lipinski definition) is 4. The predicted octanol–water partition coefficient (Wildman–Crippen LogP) is 4.10. The number of pyridine rings is 1. The van der Waals surface area contributed by atoms with Crippen LogP contribution < -0.4 is 10.5 Å². The molecule has 0 amide bonds. The standard InChI is InChI=1S/C16H28N2O2Si/c1-12(2)15-14(17)13(8-9-18-15)19-10-11-20-21(6,7)16(3,4)5/h8-9H,1,10-11,17H2,2-7H3. The smallest absolute Gasteiger partial charge is 0.192 e. The fourth-order valence-electron chi connectivity index (χ4n) is 1.59. The lowest BCUT2D eigenvalue weighted by Gasteiger charge is -2.36. The Morgan fingerprint density at radius 1 is 1.33 bits per heavy atom. The van der Waals surface area contributed by atoms with Crippen LogP contribution in [0.1, 0.15) is 33.4 Å². The average molecular weight is 308 g/mol. The first kappa shape index (κ1) is 17.7. The van der Waals surface area contributed by atoms with Gasteiger partial charge >= 0.3 is 0 Å². The molecule has 0 saturated carbocycles. The molecule has 118 valence electrons. The first-order chi connectivity index (χ1) is 9.56. The third-order valence-electron chi connectivity index (χ3n) is 3.96. The van der Waals surface area contributed by atoms with Gasteiger partial charge in [0.25, 0.3) is 0 Å². The highest BCUT2D eigenvalue weighted by Crippen LogP contribution is 2.36. The van der Waals surface area contributed by atoms with E-state index in [1.165, 1.54) is 0 Å². The molecule has 4 nitrogen and oxygen atoms in total. The minimum Gasteiger partial charge on any atom is -0.489 e. The molecule has 0 aliphatic heterocycles. The fraction of sp³-hybridized carbons (Fsp3) is 0.562. The van der Waals surface area contributed by atoms with Crippen molar-refractivity contribution < 1.29 is 9.16 Å². The van der Waals surface area contributed by atoms with Crippen LogP contribution in [0.3, 0.4) is 0 Å². The summed E-state index contributed by atoms with van der Waals surface area (Å²) in [6.45, 7) is 17.9. The summed E-state index contributed by atoms with van der Waals surface area (Å²) in [6.07, 6.45) is 1.68. The molecule has 1 heterocycles. The Labute approximate surface area is 129 Å². The van der Waals surface area contributed by atoms with Crippen molar-refractivity contribution in [2.24, 2.45) is 0 Å². The molecule has 0 aromatic carbocycles. The summed E-state index contributed by atoms with van der Waals surface area (Å²) in [5.41, 5.74) is 8.10. The minimum absolute atomic E-state index is 0.204. The van der Waals surface area contributed by atoms with Gasteiger partial charge in [0.05, 0.1) is 12.3 Å². The van der Waals surface area contributed by atoms with E-state index in [0.717, 1.165) is 5.57 Å². The first-order valence-electron chi connectivity index (χ1n) is 7.23. The van der Waals surface area contributed by atoms with Crippen molar-refractivity contribution in [3.05, 3.63) is 24.5 Å². The lowest BCUT2D eigenvalue weighted by molar-refractivity contribution is 0.204. The summed E-state index contributed by atoms with van der Waals surface area (Å²) in [5, 5.41) is 0.204. The van der Waals surface area contributed by atoms with Crippen LogP contribution in [0.15, 0.2) is 18.8 Å². The largest absolute Gasteiger partial charge is 0.489 e. The number of nitrogens with zero attached hydrogens (tertiary/aromatic N) is 1. The van der Waals surface area contributed by atoms with Crippen molar-refractivity contribution in [3.8, 4) is 5.75 Å². The molecule has 0 unspecified atom stereocenters. The third-order valence-corrected chi connectivity index (χ3v) is 8.50. The summed E-state index contributed by atoms with van der Waals surface area (Å²) in [4.78, 5) is 4.21. The number of rotatable bonds is 6. The van der Waals surface area contributed by atoms with Gasteiger partial charge in [-0.25, -0.2) is 0 Å². The number of anilines is 1. The average Bonchev–Trinajstić information content (AvgIpc) is 2.34. The lowest BCUT2D eigenvalue weighted by atomic mass is 10.2. The molecule has 0 bridgehead atoms. The second-order valence-corrected chi connectivity index (χ2v) is 11.6. The zero-order valence-electron chi connectivity index (χ0n) is 14.1. The van der Waals surface area contributed by atoms with Crippen LogP contribution in [0.25, 0.3) is 5.57 Å². The maximum absolute atomic E-state index is 6.07. The van der Waals surface area contributed by atoms with Gasteiger partial charge in [-0.3, -0.25) is 4.98 Å². The Bertz CT molecular complexity index is 507. The van der Waals surface area contributed by atoms with Crippen molar-refractivity contribution in [1.29, 1.82) is 0 Å². The zero-order chi connectivity index (χ0) is 16.3. The van der Waals surface area contributed by atoms with E-state index >= 15 is 0 Å². The summed E-state index contributed by atoms with van der Waals surface area (Å²) in [7, 11) is -1.72. The molecule has 0 radical (unpaired) electrons. The normalized spacial score (nSPS) is 12.3. The highest BCUT2D eigenvalue weighted by atomic mass is 28.4. The van der Waals surface area contributed by atoms with Crippen LogP contribution >= 0.6 is 0 Å². The number of aromatic nitrogens is 1. The van der Waals surface area contributed by atoms with Crippen molar-refractivity contribution in [3.63, 3.8) is 0 Å². The number of hydrogen-bond donors (Lipinski definition) is 1. The minimum atomic E-state index is -1.72. The molecule has 2 N–H and O–H groups in total. The molecule has 1 rings (SSSR count). The molecule has 0 saturated heterocycles. The van der Waals surface area contributed by atoms with E-state index in [9.17, 15) is 0 Å². The van der Waals surface area contributed by atoms with E-state index in [1.54, 1.807) is 12.3 Å². The molecule has 0 fully saturated rings. The molecular weight excluding hydrogens is 280 g/mol. The van der Waals surface area contributed by atoms with Gasteiger partial charge in [0, 0.05) is 12.3 Å². The molecular formula is C16H28N2O2Si. The van der Waals surface area contributed by atoms with Crippen molar-refractivity contribution in [1.82, 2.24) is 4.98 Å². The Hall–Kier alpha value is -1.33. The predicted molar refractivity (Wildman–Crippen MR) is 92.0 cm³/mol. The lowest BCUT2D eigenvalue weighted by Crippen LogP contribution is -2.41. The van der Waals surface area contributed by atoms with Gasteiger partial charge in [-0.05, 0) is 30.6 Å². The fourth-order valence-corrected chi connectivity index (χ4v) is 2.61. The summed E-state index contributed by atoms with van der Waals surface area (Å²) in [5.74, 6) is 0.641. The number of ether oxygens (including phenoxy) is 1. The van der Waals surface area contributed by atoms with Gasteiger partial charge in [-0.2, -0.15) is 0 Å². The van der Waals surface area contributed by atoms with Gasteiger partial charge in [-0.15, -0.1) is 0 Å². The Balaban J connectivity index is 2.58. The third kappa shape index (κ3) is 4.57. The van der Waals surface area contributed by atoms with E-state index in [4.69, 9.17) is 14.9 Å². The van der Waals surface area contributed by atoms with Gasteiger partial charge < -0.3 is 14.9 Å². The first-order valence-corrected chi connectivity index (χ1v) is 10.1. The second-order valence-electron chi connectivity index (χ2n) is 6.81. The van der Waals surface area contributed by atoms with Gasteiger partial charge in [-0.1, -0.05) is 27.4 Å². The van der Waals surface area contributed by atoms with E-state index in [2.05, 4.69) is 45.4 Å². The van der Waals surface area contributed by atoms with E-state index < -0.39 is 8.32 Å². The maximum Gasteiger partial charge on any atom is 0.192 e. The number of nitrogens with two attached hydrogens (primary N) is 1. The maximum atomic E-state index is 6.07. The summed E-state index contributed by atoms with van der Waals surface area (Å²) < 4.78 is 11.8. The molecule has 5 heteroatoms. The topological polar surface area (TPSA) is 57.4 Å². The van der Waals surface area contributed by atoms with Crippen LogP contribution in [0.2, 0.25) is 18.1 Å². The number of nitrogen functional groups attached to an aromatic ring is 1. The summed E-state index contributed by atoms with van der Waals surface area (Å²) in [6, 6.07) is 1.77. The van der Waals surface area contributed by atoms with Crippen LogP contribution in [-0.2, 0) is 4.43 Å². The molecule has 1 aromatic rings. The highest BCUT2D eigenvalue weighted by Gasteiger charge is 2.36. The van der Waals surface area contributed by atoms with Crippen LogP contribution in [-0.4, -0.2) is 26.5 Å². The zero-order valence-corrected chi connectivity index (χ0v) is 15.1. The molecule has 1 aromatic heterocycles. The van der Waals surface area contributed by atoms with Crippen LogP contribution in [0.4, 0.5) is 5.69 Å². The number of allylic oxidation sites excluding steroid dienone is 1. The Kier molecular flexibility index (Phi) is 5.59. The van der Waals surface area contributed by atoms with Gasteiger partial charge in [0.2, 0.25) is 0 Å². The Morgan fingerprint density at radius 3 is 2.48 bits per heavy atom. The van der Waals surface area contributed by atoms with Crippen molar-refractivity contribution >= 4 is 19.6 Å². The second kappa shape index (κ2) is 6.62. The van der Waals surface area contributed by atoms with Crippen LogP contribution in [0.5, 0.6) is 5.75 Å². The van der Waals surface area contributed by atoms with Gasteiger partial charge in [0.1, 0.15) is 18.0 Å². The molecule has 0 atom stereocenters. The highest BCUT2D eigenvalue weighted by molar-refractivity contribution is 6.74. The molecule has 21 heavy (non-hydrogen) atoms. The van der Waals surface area contributed by atoms with E-state index in [-0.39, 0.29) is 5.04 Å². The van der Waals surface area contributed by atoms with E-state index in [1.807, 2.05) is 6.92 Å². The summed E-state index contributed by atoms with van der Waals surface area (Å²) >= 11 is 0. The van der Waals surface area contributed by atoms with Crippen molar-refractivity contribution in [2.45, 2.75) is 45.8 Å². The monoisotopic (exact) mass is 308 g/mol. The van der Waals surface area contributed by atoms with E-state index in [0.29, 0.717) is 30.3 Å².